The van der Waals surface area contributed by atoms with E-state index in [0.29, 0.717) is 12.6 Å². The first-order valence-electron chi connectivity index (χ1n) is 6.36. The minimum Gasteiger partial charge on any atom is -0.355 e. The number of carbonyl (C=O) groups is 1. The molecule has 94 valence electrons. The van der Waals surface area contributed by atoms with Crippen molar-refractivity contribution in [3.05, 3.63) is 0 Å². The molecule has 0 saturated carbocycles. The quantitative estimate of drug-likeness (QED) is 0.744. The fourth-order valence-electron chi connectivity index (χ4n) is 1.96. The van der Waals surface area contributed by atoms with E-state index in [1.165, 1.54) is 0 Å². The first-order chi connectivity index (χ1) is 7.63. The van der Waals surface area contributed by atoms with Crippen molar-refractivity contribution in [1.29, 1.82) is 0 Å². The molecule has 0 bridgehead atoms. The Morgan fingerprint density at radius 3 is 2.38 bits per heavy atom. The van der Waals surface area contributed by atoms with E-state index in [9.17, 15) is 4.79 Å². The van der Waals surface area contributed by atoms with Gasteiger partial charge in [-0.05, 0) is 20.3 Å². The first kappa shape index (κ1) is 13.5. The third-order valence-electron chi connectivity index (χ3n) is 3.08. The molecule has 0 spiro atoms. The van der Waals surface area contributed by atoms with Gasteiger partial charge in [-0.1, -0.05) is 6.92 Å². The molecule has 1 aliphatic heterocycles. The van der Waals surface area contributed by atoms with Crippen molar-refractivity contribution in [2.24, 2.45) is 0 Å². The zero-order valence-corrected chi connectivity index (χ0v) is 10.8. The molecule has 1 N–H and O–H groups in total. The van der Waals surface area contributed by atoms with Crippen LogP contribution in [-0.2, 0) is 4.79 Å². The summed E-state index contributed by atoms with van der Waals surface area (Å²) in [6.07, 6.45) is 1.01. The molecule has 0 aromatic carbocycles. The Morgan fingerprint density at radius 2 is 1.88 bits per heavy atom. The Hall–Kier alpha value is -0.610. The van der Waals surface area contributed by atoms with E-state index < -0.39 is 0 Å². The summed E-state index contributed by atoms with van der Waals surface area (Å²) in [6, 6.07) is 0.621. The van der Waals surface area contributed by atoms with Crippen LogP contribution in [0.1, 0.15) is 27.2 Å². The molecular weight excluding hydrogens is 202 g/mol. The summed E-state index contributed by atoms with van der Waals surface area (Å²) in [4.78, 5) is 16.2. The van der Waals surface area contributed by atoms with Crippen LogP contribution < -0.4 is 5.32 Å². The fraction of sp³-hybridized carbons (Fsp3) is 0.917. The summed E-state index contributed by atoms with van der Waals surface area (Å²) in [5.74, 6) is 0.167. The summed E-state index contributed by atoms with van der Waals surface area (Å²) in [5.41, 5.74) is 0. The lowest BCUT2D eigenvalue weighted by Crippen LogP contribution is -2.51. The van der Waals surface area contributed by atoms with E-state index in [4.69, 9.17) is 0 Å². The van der Waals surface area contributed by atoms with Crippen LogP contribution in [0.5, 0.6) is 0 Å². The van der Waals surface area contributed by atoms with Crippen molar-refractivity contribution in [2.75, 3.05) is 39.3 Å². The first-order valence-corrected chi connectivity index (χ1v) is 6.36. The number of nitrogens with one attached hydrogen (secondary N) is 1. The van der Waals surface area contributed by atoms with Crippen molar-refractivity contribution in [2.45, 2.75) is 33.2 Å². The van der Waals surface area contributed by atoms with Crippen LogP contribution in [0.4, 0.5) is 0 Å². The van der Waals surface area contributed by atoms with Gasteiger partial charge in [0.2, 0.25) is 5.91 Å². The van der Waals surface area contributed by atoms with Crippen molar-refractivity contribution >= 4 is 5.91 Å². The molecule has 0 atom stereocenters. The van der Waals surface area contributed by atoms with Crippen molar-refractivity contribution < 1.29 is 4.79 Å². The second-order valence-electron chi connectivity index (χ2n) is 4.76. The van der Waals surface area contributed by atoms with Crippen LogP contribution in [0.25, 0.3) is 0 Å². The number of rotatable bonds is 5. The monoisotopic (exact) mass is 227 g/mol. The highest BCUT2D eigenvalue weighted by molar-refractivity contribution is 5.77. The van der Waals surface area contributed by atoms with Gasteiger partial charge in [0.15, 0.2) is 0 Å². The van der Waals surface area contributed by atoms with E-state index in [2.05, 4.69) is 35.9 Å². The molecule has 1 saturated heterocycles. The predicted molar refractivity (Wildman–Crippen MR) is 66.4 cm³/mol. The van der Waals surface area contributed by atoms with Gasteiger partial charge in [-0.25, -0.2) is 0 Å². The molecule has 0 aromatic heterocycles. The minimum absolute atomic E-state index is 0.167. The zero-order valence-electron chi connectivity index (χ0n) is 10.8. The molecule has 1 amide bonds. The maximum Gasteiger partial charge on any atom is 0.234 e. The van der Waals surface area contributed by atoms with Gasteiger partial charge in [-0.3, -0.25) is 14.6 Å². The molecule has 16 heavy (non-hydrogen) atoms. The summed E-state index contributed by atoms with van der Waals surface area (Å²) < 4.78 is 0. The fourth-order valence-corrected chi connectivity index (χ4v) is 1.96. The SMILES string of the molecule is CCCNC(=O)CN1CCN(C(C)C)CC1. The van der Waals surface area contributed by atoms with Gasteiger partial charge in [0.05, 0.1) is 6.54 Å². The molecule has 1 fully saturated rings. The van der Waals surface area contributed by atoms with Gasteiger partial charge in [0, 0.05) is 38.8 Å². The Balaban J connectivity index is 2.19. The van der Waals surface area contributed by atoms with Crippen LogP contribution in [0.15, 0.2) is 0 Å². The lowest BCUT2D eigenvalue weighted by atomic mass is 10.2. The number of nitrogens with zero attached hydrogens (tertiary/aromatic N) is 2. The highest BCUT2D eigenvalue weighted by Gasteiger charge is 2.19. The van der Waals surface area contributed by atoms with Gasteiger partial charge >= 0.3 is 0 Å². The molecule has 0 aliphatic carbocycles. The van der Waals surface area contributed by atoms with E-state index in [1.807, 2.05) is 0 Å². The predicted octanol–water partition coefficient (Wildman–Crippen LogP) is 0.539. The summed E-state index contributed by atoms with van der Waals surface area (Å²) >= 11 is 0. The van der Waals surface area contributed by atoms with E-state index in [1.54, 1.807) is 0 Å². The zero-order chi connectivity index (χ0) is 12.0. The van der Waals surface area contributed by atoms with Gasteiger partial charge in [0.1, 0.15) is 0 Å². The summed E-state index contributed by atoms with van der Waals surface area (Å²) in [7, 11) is 0. The standard InChI is InChI=1S/C12H25N3O/c1-4-5-13-12(16)10-14-6-8-15(9-7-14)11(2)3/h11H,4-10H2,1-3H3,(H,13,16). The maximum atomic E-state index is 11.5. The number of amides is 1. The number of piperazine rings is 1. The van der Waals surface area contributed by atoms with Crippen LogP contribution >= 0.6 is 0 Å². The summed E-state index contributed by atoms with van der Waals surface area (Å²) in [6.45, 7) is 12.1. The molecule has 0 unspecified atom stereocenters. The molecule has 0 aromatic rings. The average molecular weight is 227 g/mol. The molecule has 0 radical (unpaired) electrons. The molecule has 1 heterocycles. The van der Waals surface area contributed by atoms with Crippen LogP contribution in [0.3, 0.4) is 0 Å². The smallest absolute Gasteiger partial charge is 0.234 e. The summed E-state index contributed by atoms with van der Waals surface area (Å²) in [5, 5.41) is 2.92. The number of carbonyl (C=O) groups excluding carboxylic acids is 1. The van der Waals surface area contributed by atoms with Crippen LogP contribution in [-0.4, -0.2) is 61.0 Å². The van der Waals surface area contributed by atoms with Crippen LogP contribution in [0.2, 0.25) is 0 Å². The largest absolute Gasteiger partial charge is 0.355 e. The van der Waals surface area contributed by atoms with E-state index in [-0.39, 0.29) is 5.91 Å². The van der Waals surface area contributed by atoms with Crippen LogP contribution in [0, 0.1) is 0 Å². The minimum atomic E-state index is 0.167. The molecule has 4 nitrogen and oxygen atoms in total. The number of hydrogen-bond donors (Lipinski definition) is 1. The average Bonchev–Trinajstić information content (AvgIpc) is 2.27. The Kier molecular flexibility index (Phi) is 5.77. The van der Waals surface area contributed by atoms with Gasteiger partial charge in [0.25, 0.3) is 0 Å². The van der Waals surface area contributed by atoms with Crippen molar-refractivity contribution in [3.8, 4) is 0 Å². The lowest BCUT2D eigenvalue weighted by Gasteiger charge is -2.36. The third-order valence-corrected chi connectivity index (χ3v) is 3.08. The second-order valence-corrected chi connectivity index (χ2v) is 4.76. The van der Waals surface area contributed by atoms with Gasteiger partial charge in [-0.2, -0.15) is 0 Å². The molecular formula is C12H25N3O. The van der Waals surface area contributed by atoms with Crippen molar-refractivity contribution in [1.82, 2.24) is 15.1 Å². The molecule has 1 rings (SSSR count). The van der Waals surface area contributed by atoms with E-state index in [0.717, 1.165) is 39.1 Å². The topological polar surface area (TPSA) is 35.6 Å². The highest BCUT2D eigenvalue weighted by Crippen LogP contribution is 2.05. The maximum absolute atomic E-state index is 11.5. The van der Waals surface area contributed by atoms with E-state index >= 15 is 0 Å². The Bertz CT molecular complexity index is 210. The lowest BCUT2D eigenvalue weighted by molar-refractivity contribution is -0.122. The second kappa shape index (κ2) is 6.86. The Labute approximate surface area is 99.0 Å². The van der Waals surface area contributed by atoms with Gasteiger partial charge < -0.3 is 5.32 Å². The van der Waals surface area contributed by atoms with Crippen molar-refractivity contribution in [3.63, 3.8) is 0 Å². The number of hydrogen-bond acceptors (Lipinski definition) is 3. The van der Waals surface area contributed by atoms with Gasteiger partial charge in [-0.15, -0.1) is 0 Å². The highest BCUT2D eigenvalue weighted by atomic mass is 16.2. The Morgan fingerprint density at radius 1 is 1.25 bits per heavy atom. The normalized spacial score (nSPS) is 19.0. The molecule has 1 aliphatic rings. The molecule has 4 heteroatoms. The third kappa shape index (κ3) is 4.49.